The topological polar surface area (TPSA) is 50.8 Å². The molecular formula is C15H21ClN2O3S. The van der Waals surface area contributed by atoms with Crippen molar-refractivity contribution in [3.63, 3.8) is 0 Å². The molecule has 3 atom stereocenters. The molecule has 2 amide bonds. The number of morpholine rings is 1. The van der Waals surface area contributed by atoms with Gasteiger partial charge in [0.1, 0.15) is 4.34 Å². The van der Waals surface area contributed by atoms with Crippen LogP contribution in [0.25, 0.3) is 0 Å². The van der Waals surface area contributed by atoms with E-state index in [1.165, 1.54) is 11.3 Å². The van der Waals surface area contributed by atoms with Gasteiger partial charge in [0.15, 0.2) is 0 Å². The van der Waals surface area contributed by atoms with Crippen LogP contribution >= 0.6 is 22.9 Å². The molecule has 0 radical (unpaired) electrons. The number of ether oxygens (including phenoxy) is 2. The highest BCUT2D eigenvalue weighted by Gasteiger charge is 2.40. The Bertz CT molecular complexity index is 525. The lowest BCUT2D eigenvalue weighted by atomic mass is 9.94. The Morgan fingerprint density at radius 1 is 1.55 bits per heavy atom. The molecule has 1 saturated carbocycles. The summed E-state index contributed by atoms with van der Waals surface area (Å²) in [6, 6.07) is 1.79. The number of thiophene rings is 1. The fourth-order valence-electron chi connectivity index (χ4n) is 3.49. The minimum Gasteiger partial charge on any atom is -0.381 e. The molecule has 2 heterocycles. The zero-order valence-electron chi connectivity index (χ0n) is 12.6. The molecule has 1 aliphatic carbocycles. The molecule has 1 aromatic heterocycles. The standard InChI is InChI=1S/C15H21ClN2O3S/c1-20-13-4-2-3-10(13)12-9-21-7-6-18(12)15(19)17-11-5-8-22-14(11)16/h5,8,10,12-13H,2-4,6-7,9H2,1H3,(H,17,19)/t10-,12+,13-/m1/s1. The van der Waals surface area contributed by atoms with Gasteiger partial charge in [-0.1, -0.05) is 18.0 Å². The van der Waals surface area contributed by atoms with E-state index in [-0.39, 0.29) is 18.2 Å². The van der Waals surface area contributed by atoms with Crippen molar-refractivity contribution in [1.82, 2.24) is 4.90 Å². The Balaban J connectivity index is 1.72. The van der Waals surface area contributed by atoms with Crippen LogP contribution in [0.15, 0.2) is 11.4 Å². The highest BCUT2D eigenvalue weighted by molar-refractivity contribution is 7.15. The summed E-state index contributed by atoms with van der Waals surface area (Å²) in [7, 11) is 1.75. The van der Waals surface area contributed by atoms with Crippen molar-refractivity contribution in [1.29, 1.82) is 0 Å². The van der Waals surface area contributed by atoms with E-state index < -0.39 is 0 Å². The molecule has 1 aromatic rings. The lowest BCUT2D eigenvalue weighted by Gasteiger charge is -2.40. The van der Waals surface area contributed by atoms with Gasteiger partial charge < -0.3 is 19.7 Å². The van der Waals surface area contributed by atoms with Crippen LogP contribution in [0.5, 0.6) is 0 Å². The number of hydrogen-bond acceptors (Lipinski definition) is 4. The Kier molecular flexibility index (Phi) is 5.23. The predicted molar refractivity (Wildman–Crippen MR) is 87.8 cm³/mol. The molecule has 2 aliphatic rings. The largest absolute Gasteiger partial charge is 0.381 e. The first-order valence-electron chi connectivity index (χ1n) is 7.62. The number of carbonyl (C=O) groups is 1. The van der Waals surface area contributed by atoms with Gasteiger partial charge in [0, 0.05) is 19.6 Å². The summed E-state index contributed by atoms with van der Waals surface area (Å²) in [5.41, 5.74) is 0.677. The first-order chi connectivity index (χ1) is 10.7. The van der Waals surface area contributed by atoms with E-state index in [4.69, 9.17) is 21.1 Å². The van der Waals surface area contributed by atoms with Crippen LogP contribution in [0.1, 0.15) is 19.3 Å². The maximum Gasteiger partial charge on any atom is 0.322 e. The zero-order valence-corrected chi connectivity index (χ0v) is 14.2. The van der Waals surface area contributed by atoms with Crippen LogP contribution in [0.2, 0.25) is 4.34 Å². The van der Waals surface area contributed by atoms with Crippen LogP contribution in [0.3, 0.4) is 0 Å². The fraction of sp³-hybridized carbons (Fsp3) is 0.667. The fourth-order valence-corrected chi connectivity index (χ4v) is 4.32. The summed E-state index contributed by atoms with van der Waals surface area (Å²) in [6.07, 6.45) is 3.50. The smallest absolute Gasteiger partial charge is 0.322 e. The van der Waals surface area contributed by atoms with Crippen LogP contribution in [0.4, 0.5) is 10.5 Å². The summed E-state index contributed by atoms with van der Waals surface area (Å²) >= 11 is 7.48. The lowest BCUT2D eigenvalue weighted by Crippen LogP contribution is -2.55. The monoisotopic (exact) mass is 344 g/mol. The number of rotatable bonds is 3. The van der Waals surface area contributed by atoms with Crippen molar-refractivity contribution in [3.05, 3.63) is 15.8 Å². The van der Waals surface area contributed by atoms with Crippen molar-refractivity contribution in [2.45, 2.75) is 31.4 Å². The molecule has 1 N–H and O–H groups in total. The molecule has 3 rings (SSSR count). The van der Waals surface area contributed by atoms with Crippen LogP contribution in [-0.2, 0) is 9.47 Å². The summed E-state index contributed by atoms with van der Waals surface area (Å²) in [5, 5.41) is 4.78. The van der Waals surface area contributed by atoms with Gasteiger partial charge in [-0.25, -0.2) is 4.79 Å². The Labute approximate surface area is 139 Å². The van der Waals surface area contributed by atoms with E-state index in [2.05, 4.69) is 5.32 Å². The minimum atomic E-state index is -0.102. The van der Waals surface area contributed by atoms with Gasteiger partial charge in [-0.2, -0.15) is 0 Å². The Morgan fingerprint density at radius 2 is 2.41 bits per heavy atom. The summed E-state index contributed by atoms with van der Waals surface area (Å²) in [5.74, 6) is 0.342. The maximum atomic E-state index is 12.6. The molecule has 0 aromatic carbocycles. The van der Waals surface area contributed by atoms with Gasteiger partial charge >= 0.3 is 6.03 Å². The van der Waals surface area contributed by atoms with Crippen molar-refractivity contribution >= 4 is 34.7 Å². The molecule has 7 heteroatoms. The summed E-state index contributed by atoms with van der Waals surface area (Å²) in [4.78, 5) is 14.5. The first kappa shape index (κ1) is 16.1. The maximum absolute atomic E-state index is 12.6. The molecule has 0 spiro atoms. The van der Waals surface area contributed by atoms with Gasteiger partial charge in [-0.15, -0.1) is 11.3 Å². The zero-order chi connectivity index (χ0) is 15.5. The third-order valence-electron chi connectivity index (χ3n) is 4.59. The van der Waals surface area contributed by atoms with Gasteiger partial charge in [0.05, 0.1) is 31.0 Å². The average Bonchev–Trinajstić information content (AvgIpc) is 3.16. The van der Waals surface area contributed by atoms with E-state index in [9.17, 15) is 4.79 Å². The van der Waals surface area contributed by atoms with E-state index in [1.807, 2.05) is 16.3 Å². The van der Waals surface area contributed by atoms with Gasteiger partial charge in [-0.3, -0.25) is 0 Å². The molecule has 1 saturated heterocycles. The number of nitrogens with zero attached hydrogens (tertiary/aromatic N) is 1. The number of amides is 2. The van der Waals surface area contributed by atoms with Crippen LogP contribution in [-0.4, -0.2) is 49.9 Å². The van der Waals surface area contributed by atoms with E-state index in [0.29, 0.717) is 35.7 Å². The number of nitrogens with one attached hydrogen (secondary N) is 1. The highest BCUT2D eigenvalue weighted by atomic mass is 35.5. The normalized spacial score (nSPS) is 28.8. The van der Waals surface area contributed by atoms with Gasteiger partial charge in [-0.05, 0) is 24.3 Å². The van der Waals surface area contributed by atoms with E-state index in [0.717, 1.165) is 19.3 Å². The quantitative estimate of drug-likeness (QED) is 0.913. The van der Waals surface area contributed by atoms with Crippen molar-refractivity contribution in [2.24, 2.45) is 5.92 Å². The number of carbonyl (C=O) groups excluding carboxylic acids is 1. The predicted octanol–water partition coefficient (Wildman–Crippen LogP) is 3.45. The van der Waals surface area contributed by atoms with Crippen molar-refractivity contribution < 1.29 is 14.3 Å². The second-order valence-corrected chi connectivity index (χ2v) is 7.26. The highest BCUT2D eigenvalue weighted by Crippen LogP contribution is 2.34. The molecule has 1 aliphatic heterocycles. The van der Waals surface area contributed by atoms with Gasteiger partial charge in [0.25, 0.3) is 0 Å². The number of anilines is 1. The molecule has 0 unspecified atom stereocenters. The van der Waals surface area contributed by atoms with E-state index in [1.54, 1.807) is 7.11 Å². The van der Waals surface area contributed by atoms with Crippen molar-refractivity contribution in [2.75, 3.05) is 32.2 Å². The molecule has 5 nitrogen and oxygen atoms in total. The summed E-state index contributed by atoms with van der Waals surface area (Å²) in [6.45, 7) is 1.76. The first-order valence-corrected chi connectivity index (χ1v) is 8.87. The third kappa shape index (κ3) is 3.25. The molecule has 0 bridgehead atoms. The van der Waals surface area contributed by atoms with Gasteiger partial charge in [0.2, 0.25) is 0 Å². The number of halogens is 1. The molecule has 22 heavy (non-hydrogen) atoms. The van der Waals surface area contributed by atoms with E-state index >= 15 is 0 Å². The lowest BCUT2D eigenvalue weighted by molar-refractivity contribution is -0.0379. The number of hydrogen-bond donors (Lipinski definition) is 1. The Hall–Kier alpha value is -0.820. The minimum absolute atomic E-state index is 0.0682. The molecule has 2 fully saturated rings. The average molecular weight is 345 g/mol. The summed E-state index contributed by atoms with van der Waals surface area (Å²) < 4.78 is 11.8. The second-order valence-electron chi connectivity index (χ2n) is 5.74. The Morgan fingerprint density at radius 3 is 3.14 bits per heavy atom. The second kappa shape index (κ2) is 7.17. The number of urea groups is 1. The van der Waals surface area contributed by atoms with Crippen LogP contribution in [0, 0.1) is 5.92 Å². The molecule has 122 valence electrons. The number of methoxy groups -OCH3 is 1. The van der Waals surface area contributed by atoms with Crippen molar-refractivity contribution in [3.8, 4) is 0 Å². The van der Waals surface area contributed by atoms with Crippen LogP contribution < -0.4 is 5.32 Å². The molecular weight excluding hydrogens is 324 g/mol. The SMILES string of the molecule is CO[C@@H]1CCC[C@@H]1[C@@H]1COCCN1C(=O)Nc1ccsc1Cl. The third-order valence-corrected chi connectivity index (χ3v) is 5.76.